The van der Waals surface area contributed by atoms with Gasteiger partial charge >= 0.3 is 0 Å². The molecule has 7 heteroatoms. The van der Waals surface area contributed by atoms with E-state index >= 15 is 0 Å². The second-order valence-corrected chi connectivity index (χ2v) is 9.22. The first-order valence-electron chi connectivity index (χ1n) is 9.88. The van der Waals surface area contributed by atoms with Crippen LogP contribution in [0.15, 0.2) is 72.8 Å². The minimum absolute atomic E-state index is 0.184. The second-order valence-electron chi connectivity index (χ2n) is 7.50. The molecule has 2 aliphatic rings. The number of halogens is 2. The molecule has 1 spiro atoms. The smallest absolute Gasteiger partial charge is 0.268 e. The quantitative estimate of drug-likeness (QED) is 0.557. The Balaban J connectivity index is 1.58. The van der Waals surface area contributed by atoms with E-state index in [2.05, 4.69) is 0 Å². The molecule has 0 radical (unpaired) electrons. The van der Waals surface area contributed by atoms with Crippen molar-refractivity contribution in [3.8, 4) is 0 Å². The van der Waals surface area contributed by atoms with Crippen LogP contribution in [-0.4, -0.2) is 29.0 Å². The first-order chi connectivity index (χ1) is 15.0. The zero-order chi connectivity index (χ0) is 21.6. The summed E-state index contributed by atoms with van der Waals surface area (Å²) in [5.41, 5.74) is 2.67. The van der Waals surface area contributed by atoms with E-state index in [0.717, 1.165) is 11.3 Å². The summed E-state index contributed by atoms with van der Waals surface area (Å²) in [6, 6.07) is 20.5. The van der Waals surface area contributed by atoms with E-state index in [1.807, 2.05) is 24.3 Å². The first-order valence-corrected chi connectivity index (χ1v) is 11.2. The Bertz CT molecular complexity index is 1200. The van der Waals surface area contributed by atoms with E-state index in [1.165, 1.54) is 23.9 Å². The van der Waals surface area contributed by atoms with E-state index in [-0.39, 0.29) is 24.2 Å². The third-order valence-corrected chi connectivity index (χ3v) is 7.30. The van der Waals surface area contributed by atoms with Gasteiger partial charge < -0.3 is 9.80 Å². The van der Waals surface area contributed by atoms with Crippen LogP contribution in [0.4, 0.5) is 10.1 Å². The zero-order valence-electron chi connectivity index (χ0n) is 16.4. The average molecular weight is 453 g/mol. The van der Waals surface area contributed by atoms with Crippen molar-refractivity contribution >= 4 is 40.9 Å². The molecular formula is C24H18ClFN2O2S. The third kappa shape index (κ3) is 3.22. The molecule has 4 nitrogen and oxygen atoms in total. The fourth-order valence-corrected chi connectivity index (χ4v) is 5.97. The van der Waals surface area contributed by atoms with E-state index in [4.69, 9.17) is 11.6 Å². The molecule has 1 fully saturated rings. The van der Waals surface area contributed by atoms with E-state index < -0.39 is 4.87 Å². The van der Waals surface area contributed by atoms with Crippen LogP contribution in [0.3, 0.4) is 0 Å². The molecule has 1 unspecified atom stereocenters. The van der Waals surface area contributed by atoms with Crippen molar-refractivity contribution in [3.63, 3.8) is 0 Å². The largest absolute Gasteiger partial charge is 0.311 e. The summed E-state index contributed by atoms with van der Waals surface area (Å²) in [6.45, 7) is 0.680. The number of para-hydroxylation sites is 1. The molecule has 1 saturated heterocycles. The summed E-state index contributed by atoms with van der Waals surface area (Å²) >= 11 is 7.56. The highest BCUT2D eigenvalue weighted by Crippen LogP contribution is 2.54. The number of rotatable bonds is 3. The lowest BCUT2D eigenvalue weighted by molar-refractivity contribution is -0.123. The highest BCUT2D eigenvalue weighted by atomic mass is 35.5. The molecular weight excluding hydrogens is 435 g/mol. The number of nitrogens with zero attached hydrogens (tertiary/aromatic N) is 2. The Kier molecular flexibility index (Phi) is 4.99. The molecule has 0 saturated carbocycles. The fourth-order valence-electron chi connectivity index (χ4n) is 4.32. The van der Waals surface area contributed by atoms with Gasteiger partial charge in [0, 0.05) is 28.4 Å². The van der Waals surface area contributed by atoms with Crippen LogP contribution in [0.1, 0.15) is 21.5 Å². The molecule has 2 aliphatic heterocycles. The maximum Gasteiger partial charge on any atom is 0.268 e. The number of fused-ring (bicyclic) bond motifs is 2. The summed E-state index contributed by atoms with van der Waals surface area (Å²) in [7, 11) is 0. The molecule has 2 heterocycles. The van der Waals surface area contributed by atoms with Gasteiger partial charge in [-0.1, -0.05) is 48.0 Å². The average Bonchev–Trinajstić information content (AvgIpc) is 3.31. The van der Waals surface area contributed by atoms with Crippen molar-refractivity contribution in [2.24, 2.45) is 0 Å². The molecule has 0 bridgehead atoms. The second kappa shape index (κ2) is 7.70. The number of amides is 2. The van der Waals surface area contributed by atoms with Crippen molar-refractivity contribution in [2.75, 3.05) is 17.2 Å². The van der Waals surface area contributed by atoms with Crippen LogP contribution in [0.25, 0.3) is 0 Å². The predicted molar refractivity (Wildman–Crippen MR) is 121 cm³/mol. The van der Waals surface area contributed by atoms with Crippen LogP contribution < -0.4 is 4.90 Å². The van der Waals surface area contributed by atoms with Crippen LogP contribution in [0.5, 0.6) is 0 Å². The Hall–Kier alpha value is -2.83. The summed E-state index contributed by atoms with van der Waals surface area (Å²) < 4.78 is 13.7. The first kappa shape index (κ1) is 20.1. The van der Waals surface area contributed by atoms with Gasteiger partial charge in [0.05, 0.1) is 12.2 Å². The lowest BCUT2D eigenvalue weighted by atomic mass is 10.0. The molecule has 31 heavy (non-hydrogen) atoms. The number of hydrogen-bond acceptors (Lipinski definition) is 3. The predicted octanol–water partition coefficient (Wildman–Crippen LogP) is 5.07. The van der Waals surface area contributed by atoms with Crippen molar-refractivity contribution < 1.29 is 14.0 Å². The molecule has 0 N–H and O–H groups in total. The van der Waals surface area contributed by atoms with E-state index in [1.54, 1.807) is 46.2 Å². The van der Waals surface area contributed by atoms with Gasteiger partial charge in [-0.2, -0.15) is 0 Å². The zero-order valence-corrected chi connectivity index (χ0v) is 18.0. The molecule has 3 aromatic rings. The minimum Gasteiger partial charge on any atom is -0.311 e. The minimum atomic E-state index is -1.14. The Morgan fingerprint density at radius 3 is 2.68 bits per heavy atom. The van der Waals surface area contributed by atoms with Gasteiger partial charge in [0.2, 0.25) is 0 Å². The van der Waals surface area contributed by atoms with Gasteiger partial charge in [0.15, 0.2) is 4.87 Å². The van der Waals surface area contributed by atoms with Crippen molar-refractivity contribution in [2.45, 2.75) is 11.4 Å². The number of benzene rings is 3. The molecule has 0 aliphatic carbocycles. The molecule has 2 amide bonds. The van der Waals surface area contributed by atoms with Crippen molar-refractivity contribution in [1.29, 1.82) is 0 Å². The van der Waals surface area contributed by atoms with Gasteiger partial charge in [-0.05, 0) is 42.0 Å². The van der Waals surface area contributed by atoms with Crippen LogP contribution in [0, 0.1) is 5.82 Å². The monoisotopic (exact) mass is 452 g/mol. The summed E-state index contributed by atoms with van der Waals surface area (Å²) in [5, 5.41) is 0.470. The number of carbonyl (C=O) groups is 2. The maximum atomic E-state index is 13.9. The van der Waals surface area contributed by atoms with Gasteiger partial charge in [0.25, 0.3) is 11.8 Å². The van der Waals surface area contributed by atoms with E-state index in [9.17, 15) is 14.0 Å². The maximum absolute atomic E-state index is 13.9. The standard InChI is InChI=1S/C24H18ClFN2O2S/c25-18-7-4-6-17(14-18)22(29)28-11-12-31-24(28)20-9-1-2-10-21(20)27(23(24)30)15-16-5-3-8-19(26)13-16/h1-10,13-14H,11-12,15H2. The van der Waals surface area contributed by atoms with Crippen LogP contribution in [-0.2, 0) is 16.2 Å². The molecule has 3 aromatic carbocycles. The van der Waals surface area contributed by atoms with Crippen molar-refractivity contribution in [3.05, 3.63) is 100 Å². The number of carbonyl (C=O) groups excluding carboxylic acids is 2. The van der Waals surface area contributed by atoms with Crippen LogP contribution in [0.2, 0.25) is 5.02 Å². The summed E-state index contributed by atoms with van der Waals surface area (Å²) in [6.07, 6.45) is 0. The fraction of sp³-hybridized carbons (Fsp3) is 0.167. The van der Waals surface area contributed by atoms with Gasteiger partial charge in [-0.15, -0.1) is 11.8 Å². The highest BCUT2D eigenvalue weighted by molar-refractivity contribution is 8.01. The summed E-state index contributed by atoms with van der Waals surface area (Å²) in [5.74, 6) is -0.126. The third-order valence-electron chi connectivity index (χ3n) is 5.65. The van der Waals surface area contributed by atoms with Crippen LogP contribution >= 0.6 is 23.4 Å². The van der Waals surface area contributed by atoms with Gasteiger partial charge in [0.1, 0.15) is 5.82 Å². The number of thioether (sulfide) groups is 1. The molecule has 156 valence electrons. The topological polar surface area (TPSA) is 40.6 Å². The van der Waals surface area contributed by atoms with Crippen molar-refractivity contribution in [1.82, 2.24) is 4.90 Å². The summed E-state index contributed by atoms with van der Waals surface area (Å²) in [4.78, 5) is 29.5. The Morgan fingerprint density at radius 2 is 1.87 bits per heavy atom. The van der Waals surface area contributed by atoms with Gasteiger partial charge in [-0.3, -0.25) is 9.59 Å². The lowest BCUT2D eigenvalue weighted by Gasteiger charge is -2.33. The highest BCUT2D eigenvalue weighted by Gasteiger charge is 2.59. The molecule has 0 aromatic heterocycles. The molecule has 5 rings (SSSR count). The SMILES string of the molecule is O=C(c1cccc(Cl)c1)N1CCSC12C(=O)N(Cc1cccc(F)c1)c1ccccc12. The molecule has 1 atom stereocenters. The van der Waals surface area contributed by atoms with Gasteiger partial charge in [-0.25, -0.2) is 4.39 Å². The van der Waals surface area contributed by atoms with E-state index in [0.29, 0.717) is 28.4 Å². The lowest BCUT2D eigenvalue weighted by Crippen LogP contribution is -2.50. The number of hydrogen-bond donors (Lipinski definition) is 0. The Morgan fingerprint density at radius 1 is 1.06 bits per heavy atom. The normalized spacial score (nSPS) is 19.9. The number of anilines is 1. The Labute approximate surface area is 188 Å².